The van der Waals surface area contributed by atoms with Gasteiger partial charge in [0.05, 0.1) is 29.0 Å². The molecule has 0 bridgehead atoms. The maximum atomic E-state index is 6.27. The Morgan fingerprint density at radius 3 is 2.21 bits per heavy atom. The molecule has 0 unspecified atom stereocenters. The molecule has 0 N–H and O–H groups in total. The van der Waals surface area contributed by atoms with Crippen molar-refractivity contribution < 1.29 is 19.0 Å². The van der Waals surface area contributed by atoms with Crippen molar-refractivity contribution in [3.8, 4) is 17.4 Å². The maximum Gasteiger partial charge on any atom is 0.213 e. The summed E-state index contributed by atoms with van der Waals surface area (Å²) in [4.78, 5) is 9.75. The number of halogens is 4. The Morgan fingerprint density at radius 1 is 1.00 bits per heavy atom. The number of aromatic nitrogens is 1. The van der Waals surface area contributed by atoms with Gasteiger partial charge >= 0.3 is 0 Å². The van der Waals surface area contributed by atoms with Crippen LogP contribution < -0.4 is 14.2 Å². The van der Waals surface area contributed by atoms with Gasteiger partial charge in [-0.15, -0.1) is 0 Å². The predicted octanol–water partition coefficient (Wildman–Crippen LogP) is 7.86. The van der Waals surface area contributed by atoms with E-state index in [9.17, 15) is 0 Å². The summed E-state index contributed by atoms with van der Waals surface area (Å²) in [5.41, 5.74) is 1.28. The molecule has 0 atom stereocenters. The lowest BCUT2D eigenvalue weighted by atomic mass is 10.2. The molecule has 2 rings (SSSR count). The third kappa shape index (κ3) is 10.6. The van der Waals surface area contributed by atoms with E-state index < -0.39 is 0 Å². The Morgan fingerprint density at radius 2 is 1.65 bits per heavy atom. The summed E-state index contributed by atoms with van der Waals surface area (Å²) in [5.74, 6) is 1.44. The average molecular weight is 550 g/mol. The van der Waals surface area contributed by atoms with Gasteiger partial charge in [-0.1, -0.05) is 51.6 Å². The Hall–Kier alpha value is -1.86. The molecule has 10 heteroatoms. The standard InChI is InChI=1S/C24H28Cl4N2O4/c1-16(30-34-24(2,3)4)17-7-8-22(29-15-17)32-10-5-6-11-33-23-19(25)13-18(14-20(23)26)31-12-9-21(27)28/h7-9,13-15H,5-6,10-12H2,1-4H3. The molecular formula is C24H28Cl4N2O4. The first-order valence-electron chi connectivity index (χ1n) is 10.6. The van der Waals surface area contributed by atoms with Crippen LogP contribution in [0.1, 0.15) is 46.1 Å². The van der Waals surface area contributed by atoms with Crippen LogP contribution in [0.3, 0.4) is 0 Å². The molecule has 6 nitrogen and oxygen atoms in total. The molecule has 0 fully saturated rings. The molecule has 0 radical (unpaired) electrons. The van der Waals surface area contributed by atoms with Gasteiger partial charge in [0, 0.05) is 30.0 Å². The fourth-order valence-electron chi connectivity index (χ4n) is 2.45. The number of rotatable bonds is 12. The Labute approximate surface area is 220 Å². The second-order valence-electron chi connectivity index (χ2n) is 8.19. The van der Waals surface area contributed by atoms with Crippen LogP contribution >= 0.6 is 46.4 Å². The monoisotopic (exact) mass is 548 g/mol. The lowest BCUT2D eigenvalue weighted by Crippen LogP contribution is -2.16. The van der Waals surface area contributed by atoms with Crippen LogP contribution in [0.2, 0.25) is 10.0 Å². The minimum Gasteiger partial charge on any atom is -0.490 e. The minimum absolute atomic E-state index is 0.125. The van der Waals surface area contributed by atoms with E-state index in [4.69, 9.17) is 65.5 Å². The highest BCUT2D eigenvalue weighted by Gasteiger charge is 2.12. The molecule has 34 heavy (non-hydrogen) atoms. The summed E-state index contributed by atoms with van der Waals surface area (Å²) in [7, 11) is 0. The quantitative estimate of drug-likeness (QED) is 0.153. The summed E-state index contributed by atoms with van der Waals surface area (Å²) < 4.78 is 17.0. The number of nitrogens with zero attached hydrogens (tertiary/aromatic N) is 2. The molecular weight excluding hydrogens is 522 g/mol. The van der Waals surface area contributed by atoms with Crippen molar-refractivity contribution in [2.24, 2.45) is 5.16 Å². The van der Waals surface area contributed by atoms with Gasteiger partial charge < -0.3 is 19.0 Å². The van der Waals surface area contributed by atoms with Crippen LogP contribution in [-0.4, -0.2) is 36.1 Å². The van der Waals surface area contributed by atoms with Crippen LogP contribution in [0.4, 0.5) is 0 Å². The number of oxime groups is 1. The Balaban J connectivity index is 1.73. The average Bonchev–Trinajstić information content (AvgIpc) is 2.75. The van der Waals surface area contributed by atoms with Gasteiger partial charge in [-0.3, -0.25) is 0 Å². The van der Waals surface area contributed by atoms with E-state index in [-0.39, 0.29) is 16.7 Å². The molecule has 0 saturated carbocycles. The first kappa shape index (κ1) is 28.4. The zero-order chi connectivity index (χ0) is 25.1. The summed E-state index contributed by atoms with van der Waals surface area (Å²) in [6, 6.07) is 6.95. The third-order valence-electron chi connectivity index (χ3n) is 4.11. The number of hydrogen-bond donors (Lipinski definition) is 0. The van der Waals surface area contributed by atoms with E-state index >= 15 is 0 Å². The molecule has 2 aromatic rings. The number of benzene rings is 1. The summed E-state index contributed by atoms with van der Waals surface area (Å²) in [5, 5.41) is 4.85. The summed E-state index contributed by atoms with van der Waals surface area (Å²) in [6.45, 7) is 8.84. The summed E-state index contributed by atoms with van der Waals surface area (Å²) in [6.07, 6.45) is 4.74. The van der Waals surface area contributed by atoms with Crippen molar-refractivity contribution in [2.75, 3.05) is 19.8 Å². The van der Waals surface area contributed by atoms with Gasteiger partial charge in [0.15, 0.2) is 5.75 Å². The maximum absolute atomic E-state index is 6.27. The molecule has 1 aromatic carbocycles. The molecule has 0 aliphatic rings. The lowest BCUT2D eigenvalue weighted by molar-refractivity contribution is 0.000949. The van der Waals surface area contributed by atoms with Gasteiger partial charge in [-0.25, -0.2) is 4.98 Å². The van der Waals surface area contributed by atoms with Gasteiger partial charge in [0.1, 0.15) is 22.4 Å². The lowest BCUT2D eigenvalue weighted by Gasteiger charge is -2.16. The van der Waals surface area contributed by atoms with Crippen LogP contribution in [0.5, 0.6) is 17.4 Å². The number of pyridine rings is 1. The fourth-order valence-corrected chi connectivity index (χ4v) is 3.15. The predicted molar refractivity (Wildman–Crippen MR) is 139 cm³/mol. The van der Waals surface area contributed by atoms with E-state index in [1.165, 1.54) is 6.08 Å². The molecule has 0 spiro atoms. The highest BCUT2D eigenvalue weighted by atomic mass is 35.5. The van der Waals surface area contributed by atoms with Crippen molar-refractivity contribution >= 4 is 52.1 Å². The van der Waals surface area contributed by atoms with E-state index in [2.05, 4.69) is 10.1 Å². The molecule has 0 amide bonds. The van der Waals surface area contributed by atoms with Gasteiger partial charge in [-0.05, 0) is 52.7 Å². The first-order valence-corrected chi connectivity index (χ1v) is 12.1. The van der Waals surface area contributed by atoms with Gasteiger partial charge in [0.2, 0.25) is 5.88 Å². The van der Waals surface area contributed by atoms with Gasteiger partial charge in [-0.2, -0.15) is 0 Å². The van der Waals surface area contributed by atoms with Crippen molar-refractivity contribution in [3.05, 3.63) is 56.6 Å². The smallest absolute Gasteiger partial charge is 0.213 e. The highest BCUT2D eigenvalue weighted by Crippen LogP contribution is 2.37. The number of unbranched alkanes of at least 4 members (excludes halogenated alkanes) is 1. The third-order valence-corrected chi connectivity index (χ3v) is 4.98. The second kappa shape index (κ2) is 13.9. The largest absolute Gasteiger partial charge is 0.490 e. The Bertz CT molecular complexity index is 962. The normalized spacial score (nSPS) is 11.7. The van der Waals surface area contributed by atoms with Crippen LogP contribution in [-0.2, 0) is 4.84 Å². The van der Waals surface area contributed by atoms with E-state index in [1.807, 2.05) is 39.8 Å². The highest BCUT2D eigenvalue weighted by molar-refractivity contribution is 6.55. The van der Waals surface area contributed by atoms with Crippen molar-refractivity contribution in [1.29, 1.82) is 0 Å². The first-order chi connectivity index (χ1) is 16.0. The van der Waals surface area contributed by atoms with Crippen molar-refractivity contribution in [1.82, 2.24) is 4.98 Å². The minimum atomic E-state index is -0.340. The number of ether oxygens (including phenoxy) is 3. The zero-order valence-corrected chi connectivity index (χ0v) is 22.6. The molecule has 1 heterocycles. The zero-order valence-electron chi connectivity index (χ0n) is 19.5. The van der Waals surface area contributed by atoms with Crippen molar-refractivity contribution in [3.63, 3.8) is 0 Å². The van der Waals surface area contributed by atoms with E-state index in [1.54, 1.807) is 18.3 Å². The molecule has 186 valence electrons. The molecule has 0 aliphatic heterocycles. The van der Waals surface area contributed by atoms with E-state index in [0.29, 0.717) is 40.6 Å². The van der Waals surface area contributed by atoms with Crippen LogP contribution in [0.15, 0.2) is 46.2 Å². The summed E-state index contributed by atoms with van der Waals surface area (Å²) >= 11 is 23.6. The van der Waals surface area contributed by atoms with Crippen LogP contribution in [0.25, 0.3) is 0 Å². The molecule has 0 saturated heterocycles. The second-order valence-corrected chi connectivity index (χ2v) is 10.0. The Kier molecular flexibility index (Phi) is 11.6. The fraction of sp³-hybridized carbons (Fsp3) is 0.417. The SMILES string of the molecule is CC(=NOC(C)(C)C)c1ccc(OCCCCOc2c(Cl)cc(OCC=C(Cl)Cl)cc2Cl)nc1. The number of hydrogen-bond acceptors (Lipinski definition) is 6. The van der Waals surface area contributed by atoms with E-state index in [0.717, 1.165) is 24.1 Å². The van der Waals surface area contributed by atoms with Crippen molar-refractivity contribution in [2.45, 2.75) is 46.1 Å². The van der Waals surface area contributed by atoms with Crippen LogP contribution in [0, 0.1) is 0 Å². The topological polar surface area (TPSA) is 62.2 Å². The molecule has 0 aliphatic carbocycles. The molecule has 1 aromatic heterocycles. The van der Waals surface area contributed by atoms with Gasteiger partial charge in [0.25, 0.3) is 0 Å².